The summed E-state index contributed by atoms with van der Waals surface area (Å²) in [5, 5.41) is 16.2. The van der Waals surface area contributed by atoms with Crippen molar-refractivity contribution in [3.63, 3.8) is 0 Å². The van der Waals surface area contributed by atoms with Gasteiger partial charge in [-0.15, -0.1) is 4.98 Å². The van der Waals surface area contributed by atoms with Gasteiger partial charge >= 0.3 is 12.0 Å². The van der Waals surface area contributed by atoms with Gasteiger partial charge in [-0.05, 0) is 81.2 Å². The first-order chi connectivity index (χ1) is 19.5. The van der Waals surface area contributed by atoms with Gasteiger partial charge in [0.1, 0.15) is 12.2 Å². The highest BCUT2D eigenvalue weighted by atomic mass is 19.4. The molecule has 1 atom stereocenters. The minimum Gasteiger partial charge on any atom is -0.388 e. The average Bonchev–Trinajstić information content (AvgIpc) is 2.90. The first-order valence-electron chi connectivity index (χ1n) is 14.2. The molecule has 2 heterocycles. The van der Waals surface area contributed by atoms with E-state index in [1.165, 1.54) is 29.3 Å². The Balaban J connectivity index is 1.57. The van der Waals surface area contributed by atoms with Gasteiger partial charge in [-0.2, -0.15) is 13.2 Å². The van der Waals surface area contributed by atoms with Crippen molar-refractivity contribution in [2.24, 2.45) is 0 Å². The Morgan fingerprint density at radius 3 is 2.61 bits per heavy atom. The number of nitrogens with one attached hydrogen (secondary N) is 2. The number of Topliss-reactive ketones (excluding diaryl/α,β-unsaturated/α-hetero) is 1. The molecule has 3 rings (SSSR count). The molecule has 0 radical (unpaired) electrons. The molecule has 0 saturated carbocycles. The van der Waals surface area contributed by atoms with E-state index in [2.05, 4.69) is 34.7 Å². The van der Waals surface area contributed by atoms with Crippen LogP contribution in [0.2, 0.25) is 0 Å². The number of unbranched alkanes of at least 4 members (excludes halogenated alkanes) is 1. The van der Waals surface area contributed by atoms with Crippen LogP contribution in [0.15, 0.2) is 46.8 Å². The van der Waals surface area contributed by atoms with E-state index < -0.39 is 24.5 Å². The molecular weight excluding hydrogens is 545 g/mol. The predicted molar refractivity (Wildman–Crippen MR) is 146 cm³/mol. The molecule has 7 nitrogen and oxygen atoms in total. The lowest BCUT2D eigenvalue weighted by Gasteiger charge is -2.25. The molecule has 3 N–H and O–H groups in total. The fourth-order valence-electron chi connectivity index (χ4n) is 5.18. The van der Waals surface area contributed by atoms with Crippen LogP contribution in [0, 0.1) is 0 Å². The van der Waals surface area contributed by atoms with E-state index in [1.807, 2.05) is 4.90 Å². The van der Waals surface area contributed by atoms with Crippen LogP contribution in [0.4, 0.5) is 27.8 Å². The van der Waals surface area contributed by atoms with Crippen LogP contribution in [0.25, 0.3) is 0 Å². The molecule has 0 amide bonds. The smallest absolute Gasteiger partial charge is 0.388 e. The SMILES string of the molecule is CC(=O)C(CCN(CCCCC1=C(C)CCC2=C(C=C1)CCCN2)CCC(F)F)Nc1ccnc(C(F)(F)F)[n+]1O. The number of allylic oxidation sites excluding steroid dienone is 6. The van der Waals surface area contributed by atoms with Crippen LogP contribution in [-0.2, 0) is 11.0 Å². The largest absolute Gasteiger partial charge is 0.485 e. The Morgan fingerprint density at radius 1 is 1.15 bits per heavy atom. The van der Waals surface area contributed by atoms with Gasteiger partial charge in [0.15, 0.2) is 5.78 Å². The van der Waals surface area contributed by atoms with Crippen molar-refractivity contribution in [1.82, 2.24) is 15.2 Å². The number of carbonyl (C=O) groups excluding carboxylic acids is 1. The lowest BCUT2D eigenvalue weighted by Crippen LogP contribution is -2.46. The number of hydrogen-bond donors (Lipinski definition) is 3. The molecule has 1 aliphatic heterocycles. The van der Waals surface area contributed by atoms with Crippen molar-refractivity contribution in [3.8, 4) is 0 Å². The van der Waals surface area contributed by atoms with E-state index in [0.717, 1.165) is 63.8 Å². The highest BCUT2D eigenvalue weighted by molar-refractivity contribution is 5.83. The fraction of sp³-hybridized carbons (Fsp3) is 0.621. The number of carbonyl (C=O) groups is 1. The number of alkyl halides is 5. The third kappa shape index (κ3) is 10.1. The molecule has 0 fully saturated rings. The van der Waals surface area contributed by atoms with Gasteiger partial charge in [0, 0.05) is 44.2 Å². The van der Waals surface area contributed by atoms with E-state index >= 15 is 0 Å². The van der Waals surface area contributed by atoms with E-state index in [4.69, 9.17) is 0 Å². The molecule has 2 aliphatic rings. The summed E-state index contributed by atoms with van der Waals surface area (Å²) in [5.41, 5.74) is 5.39. The quantitative estimate of drug-likeness (QED) is 0.110. The number of anilines is 1. The van der Waals surface area contributed by atoms with Crippen molar-refractivity contribution in [3.05, 3.63) is 52.7 Å². The first-order valence-corrected chi connectivity index (χ1v) is 14.2. The zero-order valence-corrected chi connectivity index (χ0v) is 23.7. The second-order valence-electron chi connectivity index (χ2n) is 10.7. The average molecular weight is 587 g/mol. The lowest BCUT2D eigenvalue weighted by atomic mass is 9.91. The monoisotopic (exact) mass is 586 g/mol. The summed E-state index contributed by atoms with van der Waals surface area (Å²) in [6, 6.07) is 0.204. The molecule has 0 saturated heterocycles. The Hall–Kier alpha value is -3.02. The van der Waals surface area contributed by atoms with Crippen LogP contribution in [-0.4, -0.2) is 59.5 Å². The number of aromatic nitrogens is 2. The molecule has 1 unspecified atom stereocenters. The maximum Gasteiger partial charge on any atom is 0.485 e. The summed E-state index contributed by atoms with van der Waals surface area (Å²) < 4.78 is 65.2. The van der Waals surface area contributed by atoms with E-state index in [1.54, 1.807) is 0 Å². The van der Waals surface area contributed by atoms with Crippen molar-refractivity contribution in [1.29, 1.82) is 0 Å². The molecule has 0 bridgehead atoms. The summed E-state index contributed by atoms with van der Waals surface area (Å²) in [7, 11) is 0. The normalized spacial score (nSPS) is 16.9. The molecule has 0 spiro atoms. The molecule has 1 aromatic heterocycles. The first kappa shape index (κ1) is 32.5. The van der Waals surface area contributed by atoms with Crippen molar-refractivity contribution in [2.45, 2.75) is 90.3 Å². The third-order valence-corrected chi connectivity index (χ3v) is 7.63. The zero-order chi connectivity index (χ0) is 30.0. The Bertz CT molecular complexity index is 1130. The van der Waals surface area contributed by atoms with Gasteiger partial charge in [-0.3, -0.25) is 10.1 Å². The number of rotatable bonds is 14. The molecular formula is C29H41F5N5O2+. The zero-order valence-electron chi connectivity index (χ0n) is 23.7. The topological polar surface area (TPSA) is 81.4 Å². The summed E-state index contributed by atoms with van der Waals surface area (Å²) in [6.45, 7) is 5.46. The van der Waals surface area contributed by atoms with E-state index in [0.29, 0.717) is 6.54 Å². The lowest BCUT2D eigenvalue weighted by molar-refractivity contribution is -0.906. The Morgan fingerprint density at radius 2 is 1.90 bits per heavy atom. The van der Waals surface area contributed by atoms with Crippen LogP contribution in [0.1, 0.15) is 77.5 Å². The summed E-state index contributed by atoms with van der Waals surface area (Å²) >= 11 is 0. The van der Waals surface area contributed by atoms with Gasteiger partial charge in [0.05, 0.1) is 0 Å². The number of hydrogen-bond acceptors (Lipinski definition) is 6. The molecule has 41 heavy (non-hydrogen) atoms. The van der Waals surface area contributed by atoms with Crippen molar-refractivity contribution in [2.75, 3.05) is 31.5 Å². The van der Waals surface area contributed by atoms with Gasteiger partial charge < -0.3 is 15.4 Å². The van der Waals surface area contributed by atoms with Crippen LogP contribution in [0.3, 0.4) is 0 Å². The second kappa shape index (κ2) is 15.3. The maximum atomic E-state index is 13.1. The number of halogens is 5. The van der Waals surface area contributed by atoms with Crippen LogP contribution >= 0.6 is 0 Å². The van der Waals surface area contributed by atoms with Crippen molar-refractivity contribution < 1.29 is 36.7 Å². The second-order valence-corrected chi connectivity index (χ2v) is 10.7. The minimum absolute atomic E-state index is 0.132. The highest BCUT2D eigenvalue weighted by Gasteiger charge is 2.43. The van der Waals surface area contributed by atoms with Crippen LogP contribution < -0.4 is 15.4 Å². The van der Waals surface area contributed by atoms with E-state index in [-0.39, 0.29) is 42.3 Å². The number of ketones is 1. The molecule has 12 heteroatoms. The molecule has 1 aliphatic carbocycles. The fourth-order valence-corrected chi connectivity index (χ4v) is 5.18. The highest BCUT2D eigenvalue weighted by Crippen LogP contribution is 2.28. The van der Waals surface area contributed by atoms with Crippen LogP contribution in [0.5, 0.6) is 0 Å². The minimum atomic E-state index is -4.89. The summed E-state index contributed by atoms with van der Waals surface area (Å²) in [4.78, 5) is 17.3. The van der Waals surface area contributed by atoms with E-state index in [9.17, 15) is 32.0 Å². The van der Waals surface area contributed by atoms with Gasteiger partial charge in [-0.25, -0.2) is 8.78 Å². The summed E-state index contributed by atoms with van der Waals surface area (Å²) in [6.07, 6.45) is 4.59. The van der Waals surface area contributed by atoms with Gasteiger partial charge in [0.2, 0.25) is 6.43 Å². The molecule has 228 valence electrons. The predicted octanol–water partition coefficient (Wildman–Crippen LogP) is 5.82. The number of nitrogens with zero attached hydrogens (tertiary/aromatic N) is 3. The molecule has 1 aromatic rings. The third-order valence-electron chi connectivity index (χ3n) is 7.63. The Labute approximate surface area is 238 Å². The van der Waals surface area contributed by atoms with Gasteiger partial charge in [0.25, 0.3) is 5.82 Å². The standard InChI is InChI=1S/C29H40F5N5O2/c1-20-8-11-25-23(7-5-15-35-25)10-9-22(20)6-3-4-17-38(19-14-26(30)31)18-13-24(21(2)40)37-27-12-16-36-28(39(27)41)29(32,33)34/h9-10,12,16,24,26,35,41H,3-8,11,13-15,17-19H2,1-2H3/p+1. The van der Waals surface area contributed by atoms with Gasteiger partial charge in [-0.1, -0.05) is 17.7 Å². The molecule has 0 aromatic carbocycles. The Kier molecular flexibility index (Phi) is 12.1. The maximum absolute atomic E-state index is 13.1. The van der Waals surface area contributed by atoms with Crippen molar-refractivity contribution >= 4 is 11.6 Å². The summed E-state index contributed by atoms with van der Waals surface area (Å²) in [5.74, 6) is -2.22.